The van der Waals surface area contributed by atoms with Crippen LogP contribution in [0.3, 0.4) is 0 Å². The van der Waals surface area contributed by atoms with Gasteiger partial charge in [-0.3, -0.25) is 24.4 Å². The van der Waals surface area contributed by atoms with Gasteiger partial charge in [0, 0.05) is 41.8 Å². The number of hydrazine groups is 1. The number of aromatic nitrogens is 1. The SMILES string of the molecule is CC(=O)n1cc(/C=C/C(=O)N(NC(=O)c2ccccc2)C(C)C)c2ccccc21. The van der Waals surface area contributed by atoms with E-state index in [9.17, 15) is 14.4 Å². The van der Waals surface area contributed by atoms with Crippen molar-refractivity contribution in [2.75, 3.05) is 0 Å². The van der Waals surface area contributed by atoms with E-state index in [0.717, 1.165) is 16.5 Å². The third-order valence-electron chi connectivity index (χ3n) is 4.50. The van der Waals surface area contributed by atoms with Crippen molar-refractivity contribution in [1.82, 2.24) is 15.0 Å². The highest BCUT2D eigenvalue weighted by atomic mass is 16.2. The molecule has 3 rings (SSSR count). The molecule has 6 heteroatoms. The number of hydrogen-bond acceptors (Lipinski definition) is 3. The number of rotatable bonds is 4. The lowest BCUT2D eigenvalue weighted by molar-refractivity contribution is -0.130. The first-order chi connectivity index (χ1) is 13.9. The standard InChI is InChI=1S/C23H23N3O3/c1-16(2)26(24-23(29)18-9-5-4-6-10-18)22(28)14-13-19-15-25(17(3)27)21-12-8-7-11-20(19)21/h4-16H,1-3H3,(H,24,29)/b14-13+. The fraction of sp³-hybridized carbons (Fsp3) is 0.174. The van der Waals surface area contributed by atoms with Gasteiger partial charge in [-0.1, -0.05) is 36.4 Å². The molecule has 0 bridgehead atoms. The highest BCUT2D eigenvalue weighted by Gasteiger charge is 2.18. The second-order valence-corrected chi connectivity index (χ2v) is 6.93. The highest BCUT2D eigenvalue weighted by Crippen LogP contribution is 2.22. The van der Waals surface area contributed by atoms with E-state index in [1.165, 1.54) is 18.0 Å². The number of carbonyl (C=O) groups is 3. The first-order valence-electron chi connectivity index (χ1n) is 9.37. The molecular weight excluding hydrogens is 366 g/mol. The van der Waals surface area contributed by atoms with E-state index in [1.807, 2.05) is 44.2 Å². The summed E-state index contributed by atoms with van der Waals surface area (Å²) in [6.07, 6.45) is 4.77. The molecule has 1 heterocycles. The molecule has 0 saturated carbocycles. The number of amides is 2. The number of hydrogen-bond donors (Lipinski definition) is 1. The van der Waals surface area contributed by atoms with Crippen LogP contribution in [0.5, 0.6) is 0 Å². The summed E-state index contributed by atoms with van der Waals surface area (Å²) < 4.78 is 1.55. The third kappa shape index (κ3) is 4.43. The van der Waals surface area contributed by atoms with Crippen molar-refractivity contribution in [3.63, 3.8) is 0 Å². The molecule has 2 aromatic carbocycles. The van der Waals surface area contributed by atoms with Crippen LogP contribution in [-0.4, -0.2) is 33.3 Å². The van der Waals surface area contributed by atoms with Crippen LogP contribution in [0.2, 0.25) is 0 Å². The van der Waals surface area contributed by atoms with Gasteiger partial charge in [0.05, 0.1) is 5.52 Å². The molecule has 1 aromatic heterocycles. The first-order valence-corrected chi connectivity index (χ1v) is 9.37. The van der Waals surface area contributed by atoms with Crippen LogP contribution in [0, 0.1) is 0 Å². The molecule has 2 amide bonds. The van der Waals surface area contributed by atoms with Gasteiger partial charge < -0.3 is 0 Å². The average Bonchev–Trinajstić information content (AvgIpc) is 3.09. The number of fused-ring (bicyclic) bond motifs is 1. The predicted octanol–water partition coefficient (Wildman–Crippen LogP) is 3.90. The molecule has 0 fully saturated rings. The Labute approximate surface area is 169 Å². The quantitative estimate of drug-likeness (QED) is 0.543. The monoisotopic (exact) mass is 389 g/mol. The fourth-order valence-corrected chi connectivity index (χ4v) is 3.04. The lowest BCUT2D eigenvalue weighted by Gasteiger charge is -2.25. The minimum absolute atomic E-state index is 0.105. The zero-order chi connectivity index (χ0) is 21.0. The van der Waals surface area contributed by atoms with Crippen molar-refractivity contribution in [2.45, 2.75) is 26.8 Å². The summed E-state index contributed by atoms with van der Waals surface area (Å²) in [7, 11) is 0. The Kier molecular flexibility index (Phi) is 5.93. The molecule has 0 aliphatic rings. The minimum atomic E-state index is -0.357. The average molecular weight is 389 g/mol. The predicted molar refractivity (Wildman–Crippen MR) is 113 cm³/mol. The second kappa shape index (κ2) is 8.56. The largest absolute Gasteiger partial charge is 0.287 e. The van der Waals surface area contributed by atoms with Gasteiger partial charge in [0.15, 0.2) is 0 Å². The Morgan fingerprint density at radius 2 is 1.66 bits per heavy atom. The Balaban J connectivity index is 1.83. The van der Waals surface area contributed by atoms with Crippen LogP contribution in [0.1, 0.15) is 41.5 Å². The van der Waals surface area contributed by atoms with Crippen molar-refractivity contribution in [3.8, 4) is 0 Å². The van der Waals surface area contributed by atoms with Gasteiger partial charge in [-0.05, 0) is 38.1 Å². The van der Waals surface area contributed by atoms with E-state index < -0.39 is 0 Å². The van der Waals surface area contributed by atoms with E-state index in [2.05, 4.69) is 5.43 Å². The summed E-state index contributed by atoms with van der Waals surface area (Å²) in [5.41, 5.74) is 4.67. The lowest BCUT2D eigenvalue weighted by atomic mass is 10.1. The summed E-state index contributed by atoms with van der Waals surface area (Å²) in [6, 6.07) is 16.0. The van der Waals surface area contributed by atoms with Crippen molar-refractivity contribution in [1.29, 1.82) is 0 Å². The molecular formula is C23H23N3O3. The van der Waals surface area contributed by atoms with Gasteiger partial charge in [0.1, 0.15) is 0 Å². The lowest BCUT2D eigenvalue weighted by Crippen LogP contribution is -2.49. The van der Waals surface area contributed by atoms with E-state index >= 15 is 0 Å². The highest BCUT2D eigenvalue weighted by molar-refractivity contribution is 6.01. The summed E-state index contributed by atoms with van der Waals surface area (Å²) in [4.78, 5) is 37.1. The summed E-state index contributed by atoms with van der Waals surface area (Å²) in [5.74, 6) is -0.815. The van der Waals surface area contributed by atoms with E-state index in [0.29, 0.717) is 5.56 Å². The van der Waals surface area contributed by atoms with Gasteiger partial charge in [-0.15, -0.1) is 0 Å². The molecule has 0 saturated heterocycles. The minimum Gasteiger partial charge on any atom is -0.287 e. The number of para-hydroxylation sites is 1. The summed E-state index contributed by atoms with van der Waals surface area (Å²) in [5, 5.41) is 2.16. The molecule has 0 unspecified atom stereocenters. The van der Waals surface area contributed by atoms with Gasteiger partial charge in [0.2, 0.25) is 5.91 Å². The summed E-state index contributed by atoms with van der Waals surface area (Å²) >= 11 is 0. The molecule has 148 valence electrons. The summed E-state index contributed by atoms with van der Waals surface area (Å²) in [6.45, 7) is 5.13. The molecule has 29 heavy (non-hydrogen) atoms. The molecule has 1 N–H and O–H groups in total. The first kappa shape index (κ1) is 20.1. The number of nitrogens with one attached hydrogen (secondary N) is 1. The van der Waals surface area contributed by atoms with E-state index in [1.54, 1.807) is 41.1 Å². The zero-order valence-electron chi connectivity index (χ0n) is 16.6. The van der Waals surface area contributed by atoms with Gasteiger partial charge in [-0.2, -0.15) is 0 Å². The van der Waals surface area contributed by atoms with E-state index in [-0.39, 0.29) is 23.8 Å². The van der Waals surface area contributed by atoms with E-state index in [4.69, 9.17) is 0 Å². The van der Waals surface area contributed by atoms with Gasteiger partial charge in [-0.25, -0.2) is 5.01 Å². The Bertz CT molecular complexity index is 1080. The maximum atomic E-state index is 12.8. The molecule has 0 atom stereocenters. The van der Waals surface area contributed by atoms with Crippen molar-refractivity contribution >= 4 is 34.7 Å². The maximum Gasteiger partial charge on any atom is 0.269 e. The van der Waals surface area contributed by atoms with Crippen LogP contribution in [0.25, 0.3) is 17.0 Å². The molecule has 0 aliphatic heterocycles. The normalized spacial score (nSPS) is 11.2. The van der Waals surface area contributed by atoms with Crippen LogP contribution >= 0.6 is 0 Å². The second-order valence-electron chi connectivity index (χ2n) is 6.93. The number of carbonyl (C=O) groups excluding carboxylic acids is 3. The van der Waals surface area contributed by atoms with Gasteiger partial charge >= 0.3 is 0 Å². The number of benzene rings is 2. The molecule has 0 aliphatic carbocycles. The fourth-order valence-electron chi connectivity index (χ4n) is 3.04. The maximum absolute atomic E-state index is 12.8. The molecule has 3 aromatic rings. The molecule has 0 spiro atoms. The smallest absolute Gasteiger partial charge is 0.269 e. The van der Waals surface area contributed by atoms with Crippen LogP contribution in [0.15, 0.2) is 66.9 Å². The van der Waals surface area contributed by atoms with Crippen LogP contribution < -0.4 is 5.43 Å². The Morgan fingerprint density at radius 3 is 2.31 bits per heavy atom. The topological polar surface area (TPSA) is 71.4 Å². The van der Waals surface area contributed by atoms with Crippen LogP contribution in [0.4, 0.5) is 0 Å². The van der Waals surface area contributed by atoms with Crippen LogP contribution in [-0.2, 0) is 4.79 Å². The third-order valence-corrected chi connectivity index (χ3v) is 4.50. The Hall–Kier alpha value is -3.67. The molecule has 0 radical (unpaired) electrons. The zero-order valence-corrected chi connectivity index (χ0v) is 16.6. The van der Waals surface area contributed by atoms with Crippen molar-refractivity contribution < 1.29 is 14.4 Å². The number of nitrogens with zero attached hydrogens (tertiary/aromatic N) is 2. The van der Waals surface area contributed by atoms with Crippen molar-refractivity contribution in [3.05, 3.63) is 78.0 Å². The van der Waals surface area contributed by atoms with Gasteiger partial charge in [0.25, 0.3) is 11.8 Å². The van der Waals surface area contributed by atoms with Crippen molar-refractivity contribution in [2.24, 2.45) is 0 Å². The molecule has 6 nitrogen and oxygen atoms in total. The Morgan fingerprint density at radius 1 is 1.00 bits per heavy atom.